The van der Waals surface area contributed by atoms with Crippen LogP contribution in [0.4, 0.5) is 11.4 Å². The number of rotatable bonds is 5. The number of aromatic carboxylic acids is 1. The van der Waals surface area contributed by atoms with Crippen LogP contribution in [-0.4, -0.2) is 25.4 Å². The van der Waals surface area contributed by atoms with Gasteiger partial charge in [-0.05, 0) is 36.4 Å². The molecule has 0 saturated heterocycles. The molecule has 2 rings (SSSR count). The van der Waals surface area contributed by atoms with Crippen LogP contribution in [0.2, 0.25) is 0 Å². The van der Waals surface area contributed by atoms with Crippen molar-refractivity contribution in [1.82, 2.24) is 0 Å². The number of hydrogen-bond donors (Lipinski definition) is 4. The van der Waals surface area contributed by atoms with Crippen LogP contribution in [-0.2, 0) is 14.8 Å². The molecule has 0 aromatic heterocycles. The maximum atomic E-state index is 11.8. The molecule has 1 amide bonds. The van der Waals surface area contributed by atoms with E-state index in [9.17, 15) is 18.0 Å². The lowest BCUT2D eigenvalue weighted by Crippen LogP contribution is -2.15. The second-order valence-electron chi connectivity index (χ2n) is 5.05. The molecule has 0 heterocycles. The number of anilines is 2. The molecular weight excluding hydrogens is 366 g/mol. The summed E-state index contributed by atoms with van der Waals surface area (Å²) in [7, 11) is -4.18. The molecule has 0 radical (unpaired) electrons. The quantitative estimate of drug-likeness (QED) is 0.575. The number of benzene rings is 2. The van der Waals surface area contributed by atoms with Gasteiger partial charge in [0.25, 0.3) is 0 Å². The van der Waals surface area contributed by atoms with Crippen molar-refractivity contribution in [2.75, 3.05) is 11.1 Å². The summed E-state index contributed by atoms with van der Waals surface area (Å²) in [5.41, 5.74) is 6.13. The summed E-state index contributed by atoms with van der Waals surface area (Å²) in [6, 6.07) is 8.75. The highest BCUT2D eigenvalue weighted by Crippen LogP contribution is 2.38. The molecule has 8 nitrogen and oxygen atoms in total. The van der Waals surface area contributed by atoms with Crippen molar-refractivity contribution in [2.45, 2.75) is 21.6 Å². The first-order chi connectivity index (χ1) is 11.6. The van der Waals surface area contributed by atoms with E-state index in [1.165, 1.54) is 13.0 Å². The Bertz CT molecular complexity index is 940. The van der Waals surface area contributed by atoms with E-state index in [0.717, 1.165) is 17.8 Å². The number of carbonyl (C=O) groups is 2. The topological polar surface area (TPSA) is 153 Å². The van der Waals surface area contributed by atoms with Crippen molar-refractivity contribution in [3.63, 3.8) is 0 Å². The van der Waals surface area contributed by atoms with Crippen molar-refractivity contribution in [2.24, 2.45) is 5.14 Å². The average Bonchev–Trinajstić information content (AvgIpc) is 2.49. The maximum absolute atomic E-state index is 11.8. The Morgan fingerprint density at radius 3 is 2.24 bits per heavy atom. The highest BCUT2D eigenvalue weighted by Gasteiger charge is 2.21. The van der Waals surface area contributed by atoms with Crippen LogP contribution in [0.1, 0.15) is 17.3 Å². The Morgan fingerprint density at radius 2 is 1.76 bits per heavy atom. The minimum absolute atomic E-state index is 0.0140. The van der Waals surface area contributed by atoms with Gasteiger partial charge in [0.2, 0.25) is 15.9 Å². The van der Waals surface area contributed by atoms with Gasteiger partial charge in [-0.2, -0.15) is 0 Å². The van der Waals surface area contributed by atoms with Crippen LogP contribution < -0.4 is 16.2 Å². The first kappa shape index (κ1) is 18.8. The van der Waals surface area contributed by atoms with Crippen molar-refractivity contribution < 1.29 is 23.1 Å². The number of nitrogen functional groups attached to an aromatic ring is 1. The zero-order valence-electron chi connectivity index (χ0n) is 13.0. The summed E-state index contributed by atoms with van der Waals surface area (Å²) in [6.45, 7) is 1.38. The molecule has 132 valence electrons. The fourth-order valence-corrected chi connectivity index (χ4v) is 3.98. The molecule has 0 spiro atoms. The highest BCUT2D eigenvalue weighted by atomic mass is 32.2. The van der Waals surface area contributed by atoms with Gasteiger partial charge in [-0.1, -0.05) is 11.8 Å². The smallest absolute Gasteiger partial charge is 0.335 e. The van der Waals surface area contributed by atoms with Crippen LogP contribution in [0.15, 0.2) is 51.1 Å². The summed E-state index contributed by atoms with van der Waals surface area (Å²) in [6.07, 6.45) is 0. The molecule has 0 fully saturated rings. The molecule has 0 aliphatic heterocycles. The van der Waals surface area contributed by atoms with Gasteiger partial charge < -0.3 is 16.2 Å². The number of nitrogens with two attached hydrogens (primary N) is 2. The average molecular weight is 381 g/mol. The Balaban J connectivity index is 2.45. The summed E-state index contributed by atoms with van der Waals surface area (Å²) < 4.78 is 23.6. The minimum atomic E-state index is -4.18. The molecule has 0 unspecified atom stereocenters. The molecular formula is C15H15N3O5S2. The molecule has 25 heavy (non-hydrogen) atoms. The van der Waals surface area contributed by atoms with Gasteiger partial charge in [-0.3, -0.25) is 4.79 Å². The zero-order valence-corrected chi connectivity index (χ0v) is 14.6. The minimum Gasteiger partial charge on any atom is -0.478 e. The predicted octanol–water partition coefficient (Wildman–Crippen LogP) is 1.72. The second kappa shape index (κ2) is 7.13. The predicted molar refractivity (Wildman–Crippen MR) is 94.1 cm³/mol. The van der Waals surface area contributed by atoms with Gasteiger partial charge in [0.1, 0.15) is 0 Å². The summed E-state index contributed by atoms with van der Waals surface area (Å²) in [5.74, 6) is -1.53. The second-order valence-corrected chi connectivity index (χ2v) is 7.66. The van der Waals surface area contributed by atoms with Crippen molar-refractivity contribution in [3.8, 4) is 0 Å². The molecule has 0 aliphatic carbocycles. The summed E-state index contributed by atoms with van der Waals surface area (Å²) in [4.78, 5) is 22.5. The number of nitrogens with one attached hydrogen (secondary N) is 1. The number of amides is 1. The third kappa shape index (κ3) is 4.72. The largest absolute Gasteiger partial charge is 0.478 e. The normalized spacial score (nSPS) is 11.1. The first-order valence-electron chi connectivity index (χ1n) is 6.83. The lowest BCUT2D eigenvalue weighted by molar-refractivity contribution is -0.114. The zero-order chi connectivity index (χ0) is 18.8. The SMILES string of the molecule is CC(=O)Nc1ccc(Sc2c(N)cc(C(=O)O)cc2S(N)(=O)=O)cc1. The third-order valence-electron chi connectivity index (χ3n) is 3.03. The van der Waals surface area contributed by atoms with E-state index in [0.29, 0.717) is 10.6 Å². The van der Waals surface area contributed by atoms with E-state index >= 15 is 0 Å². The number of carboxylic acid groups (broad SMARTS) is 1. The number of sulfonamides is 1. The fourth-order valence-electron chi connectivity index (χ4n) is 2.00. The number of carbonyl (C=O) groups excluding carboxylic acids is 1. The molecule has 0 atom stereocenters. The van der Waals surface area contributed by atoms with Crippen molar-refractivity contribution >= 4 is 45.0 Å². The molecule has 2 aromatic carbocycles. The van der Waals surface area contributed by atoms with Gasteiger partial charge in [0.15, 0.2) is 0 Å². The molecule has 10 heteroatoms. The van der Waals surface area contributed by atoms with E-state index in [2.05, 4.69) is 5.32 Å². The van der Waals surface area contributed by atoms with Gasteiger partial charge in [0.05, 0.1) is 15.4 Å². The number of carboxylic acids is 1. The molecule has 0 saturated carbocycles. The van der Waals surface area contributed by atoms with Crippen molar-refractivity contribution in [3.05, 3.63) is 42.0 Å². The Kier molecular flexibility index (Phi) is 5.36. The summed E-state index contributed by atoms with van der Waals surface area (Å²) in [5, 5.41) is 16.8. The van der Waals surface area contributed by atoms with E-state index in [4.69, 9.17) is 16.0 Å². The molecule has 6 N–H and O–H groups in total. The highest BCUT2D eigenvalue weighted by molar-refractivity contribution is 8.00. The molecule has 0 aliphatic rings. The van der Waals surface area contributed by atoms with Gasteiger partial charge in [-0.15, -0.1) is 0 Å². The van der Waals surface area contributed by atoms with Crippen LogP contribution in [0.5, 0.6) is 0 Å². The van der Waals surface area contributed by atoms with E-state index in [-0.39, 0.29) is 26.9 Å². The maximum Gasteiger partial charge on any atom is 0.335 e. The van der Waals surface area contributed by atoms with Crippen molar-refractivity contribution in [1.29, 1.82) is 0 Å². The lowest BCUT2D eigenvalue weighted by Gasteiger charge is -2.12. The standard InChI is InChI=1S/C15H15N3O5S2/c1-8(19)18-10-2-4-11(5-3-10)24-14-12(16)6-9(15(20)21)7-13(14)25(17,22)23/h2-7H,16H2,1H3,(H,18,19)(H,20,21)(H2,17,22,23). The summed E-state index contributed by atoms with van der Waals surface area (Å²) >= 11 is 1.03. The Hall–Kier alpha value is -2.56. The fraction of sp³-hybridized carbons (Fsp3) is 0.0667. The van der Waals surface area contributed by atoms with Crippen LogP contribution in [0.3, 0.4) is 0 Å². The van der Waals surface area contributed by atoms with Crippen LogP contribution in [0, 0.1) is 0 Å². The first-order valence-corrected chi connectivity index (χ1v) is 9.19. The van der Waals surface area contributed by atoms with Gasteiger partial charge >= 0.3 is 5.97 Å². The number of hydrogen-bond acceptors (Lipinski definition) is 6. The number of primary sulfonamides is 1. The van der Waals surface area contributed by atoms with E-state index < -0.39 is 16.0 Å². The van der Waals surface area contributed by atoms with Gasteiger partial charge in [-0.25, -0.2) is 18.4 Å². The molecule has 0 bridgehead atoms. The molecule has 2 aromatic rings. The van der Waals surface area contributed by atoms with Gasteiger partial charge in [0, 0.05) is 23.2 Å². The lowest BCUT2D eigenvalue weighted by atomic mass is 10.2. The third-order valence-corrected chi connectivity index (χ3v) is 5.26. The van der Waals surface area contributed by atoms with E-state index in [1.807, 2.05) is 0 Å². The Morgan fingerprint density at radius 1 is 1.16 bits per heavy atom. The monoisotopic (exact) mass is 381 g/mol. The Labute approximate surface area is 148 Å². The van der Waals surface area contributed by atoms with Crippen LogP contribution >= 0.6 is 11.8 Å². The van der Waals surface area contributed by atoms with E-state index in [1.54, 1.807) is 24.3 Å². The van der Waals surface area contributed by atoms with Crippen LogP contribution in [0.25, 0.3) is 0 Å².